The molecule has 42 heavy (non-hydrogen) atoms. The fourth-order valence-corrected chi connectivity index (χ4v) is 8.03. The molecule has 2 aliphatic heterocycles. The highest BCUT2D eigenvalue weighted by Gasteiger charge is 2.35. The number of nitrogens with one attached hydrogen (secondary N) is 1. The molecular weight excluding hydrogens is 570 g/mol. The number of halogens is 1. The lowest BCUT2D eigenvalue weighted by Crippen LogP contribution is -2.55. The fraction of sp³-hybridized carbons (Fsp3) is 0.424. The van der Waals surface area contributed by atoms with Crippen LogP contribution in [0.5, 0.6) is 11.5 Å². The highest BCUT2D eigenvalue weighted by molar-refractivity contribution is 7.85. The van der Waals surface area contributed by atoms with Gasteiger partial charge in [0, 0.05) is 60.2 Å². The lowest BCUT2D eigenvalue weighted by atomic mass is 10.0. The van der Waals surface area contributed by atoms with Gasteiger partial charge in [-0.05, 0) is 80.1 Å². The smallest absolute Gasteiger partial charge is 0.252 e. The highest BCUT2D eigenvalue weighted by atomic mass is 35.5. The van der Waals surface area contributed by atoms with Crippen molar-refractivity contribution >= 4 is 28.3 Å². The minimum atomic E-state index is -1.27. The Balaban J connectivity index is 1.05. The van der Waals surface area contributed by atoms with Gasteiger partial charge in [0.25, 0.3) is 5.91 Å². The lowest BCUT2D eigenvalue weighted by Gasteiger charge is -2.46. The van der Waals surface area contributed by atoms with Crippen LogP contribution in [-0.2, 0) is 17.2 Å². The van der Waals surface area contributed by atoms with Gasteiger partial charge in [-0.3, -0.25) is 14.6 Å². The Kier molecular flexibility index (Phi) is 8.86. The fourth-order valence-electron chi connectivity index (χ4n) is 6.69. The quantitative estimate of drug-likeness (QED) is 0.330. The Labute approximate surface area is 255 Å². The number of hydrogen-bond donors (Lipinski definition) is 1. The van der Waals surface area contributed by atoms with E-state index in [1.165, 1.54) is 11.1 Å². The Morgan fingerprint density at radius 1 is 1.07 bits per heavy atom. The van der Waals surface area contributed by atoms with E-state index in [4.69, 9.17) is 21.1 Å². The normalized spacial score (nSPS) is 21.6. The van der Waals surface area contributed by atoms with Crippen molar-refractivity contribution in [3.63, 3.8) is 0 Å². The van der Waals surface area contributed by atoms with Crippen LogP contribution < -0.4 is 14.8 Å². The number of fused-ring (bicyclic) bond motifs is 2. The van der Waals surface area contributed by atoms with Crippen LogP contribution in [0.4, 0.5) is 0 Å². The van der Waals surface area contributed by atoms with Crippen LogP contribution in [0.15, 0.2) is 70.5 Å². The van der Waals surface area contributed by atoms with Gasteiger partial charge < -0.3 is 14.8 Å². The molecule has 2 heterocycles. The third-order valence-electron chi connectivity index (χ3n) is 8.91. The number of carbonyl (C=O) groups is 1. The zero-order valence-electron chi connectivity index (χ0n) is 24.2. The zero-order valence-corrected chi connectivity index (χ0v) is 25.8. The van der Waals surface area contributed by atoms with Crippen LogP contribution in [0.1, 0.15) is 60.6 Å². The van der Waals surface area contributed by atoms with Crippen molar-refractivity contribution in [2.75, 3.05) is 33.0 Å². The minimum absolute atomic E-state index is 0.114. The molecule has 0 radical (unpaired) electrons. The van der Waals surface area contributed by atoms with Crippen molar-refractivity contribution in [2.45, 2.75) is 67.4 Å². The van der Waals surface area contributed by atoms with Gasteiger partial charge in [0.2, 0.25) is 6.79 Å². The van der Waals surface area contributed by atoms with Crippen LogP contribution in [0, 0.1) is 0 Å². The highest BCUT2D eigenvalue weighted by Crippen LogP contribution is 2.40. The summed E-state index contributed by atoms with van der Waals surface area (Å²) in [4.78, 5) is 19.4. The Morgan fingerprint density at radius 3 is 2.67 bits per heavy atom. The van der Waals surface area contributed by atoms with Crippen molar-refractivity contribution in [1.82, 2.24) is 15.1 Å². The average molecular weight is 608 g/mol. The number of ether oxygens (including phenoxy) is 2. The third kappa shape index (κ3) is 5.95. The summed E-state index contributed by atoms with van der Waals surface area (Å²) >= 11 is 6.19. The summed E-state index contributed by atoms with van der Waals surface area (Å²) in [5.41, 5.74) is 3.20. The Bertz CT molecular complexity index is 1480. The van der Waals surface area contributed by atoms with E-state index in [-0.39, 0.29) is 12.7 Å². The summed E-state index contributed by atoms with van der Waals surface area (Å²) in [6.45, 7) is 8.44. The molecule has 7 nitrogen and oxygen atoms in total. The summed E-state index contributed by atoms with van der Waals surface area (Å²) in [7, 11) is -1.27. The van der Waals surface area contributed by atoms with Gasteiger partial charge >= 0.3 is 0 Å². The lowest BCUT2D eigenvalue weighted by molar-refractivity contribution is 0.0243. The number of rotatable bonds is 9. The van der Waals surface area contributed by atoms with Crippen LogP contribution in [0.25, 0.3) is 0 Å². The maximum Gasteiger partial charge on any atom is 0.252 e. The number of nitrogens with zero attached hydrogens (tertiary/aromatic N) is 2. The summed E-state index contributed by atoms with van der Waals surface area (Å²) in [5.74, 6) is 1.24. The molecule has 0 bridgehead atoms. The van der Waals surface area contributed by atoms with Gasteiger partial charge in [0.15, 0.2) is 11.5 Å². The molecule has 0 aromatic heterocycles. The van der Waals surface area contributed by atoms with Crippen LogP contribution in [-0.4, -0.2) is 65.0 Å². The van der Waals surface area contributed by atoms with Crippen LogP contribution in [0.3, 0.4) is 0 Å². The third-order valence-corrected chi connectivity index (χ3v) is 10.6. The molecular formula is C33H38ClN3O4S. The van der Waals surface area contributed by atoms with Crippen LogP contribution >= 0.6 is 11.6 Å². The monoisotopic (exact) mass is 607 g/mol. The molecule has 222 valence electrons. The topological polar surface area (TPSA) is 71.1 Å². The number of amides is 1. The standard InChI is InChI=1S/C33H38ClN3O4S/c1-3-24(14-15-35-33(38)28-6-4-5-7-29(28)34)36-16-17-37(22(2)20-36)30-12-8-23-18-25(9-11-27(23)30)42(39)26-10-13-31-32(19-26)41-21-40-31/h4-7,9-11,13,18-19,22,24,30H,3,8,12,14-17,20-21H2,1-2H3,(H,35,38)/t22-,24?,30?,42?/m1/s1. The first kappa shape index (κ1) is 29.2. The second kappa shape index (κ2) is 12.8. The first-order chi connectivity index (χ1) is 20.4. The van der Waals surface area contributed by atoms with Gasteiger partial charge in [-0.15, -0.1) is 0 Å². The molecule has 6 rings (SSSR count). The first-order valence-corrected chi connectivity index (χ1v) is 16.4. The van der Waals surface area contributed by atoms with Crippen molar-refractivity contribution in [2.24, 2.45) is 0 Å². The summed E-state index contributed by atoms with van der Waals surface area (Å²) in [6.07, 6.45) is 4.05. The van der Waals surface area contributed by atoms with E-state index >= 15 is 0 Å². The van der Waals surface area contributed by atoms with E-state index in [2.05, 4.69) is 41.1 Å². The van der Waals surface area contributed by atoms with Gasteiger partial charge in [0.1, 0.15) is 0 Å². The molecule has 1 fully saturated rings. The van der Waals surface area contributed by atoms with E-state index in [0.29, 0.717) is 46.8 Å². The molecule has 4 atom stereocenters. The van der Waals surface area contributed by atoms with Crippen molar-refractivity contribution in [1.29, 1.82) is 0 Å². The van der Waals surface area contributed by atoms with Crippen molar-refractivity contribution in [3.05, 3.63) is 82.4 Å². The Hall–Kier alpha value is -2.91. The van der Waals surface area contributed by atoms with Gasteiger partial charge in [-0.1, -0.05) is 36.7 Å². The molecule has 1 saturated heterocycles. The molecule has 1 aliphatic carbocycles. The van der Waals surface area contributed by atoms with Crippen molar-refractivity contribution < 1.29 is 18.5 Å². The molecule has 1 amide bonds. The molecule has 9 heteroatoms. The largest absolute Gasteiger partial charge is 0.454 e. The minimum Gasteiger partial charge on any atom is -0.454 e. The van der Waals surface area contributed by atoms with Gasteiger partial charge in [-0.25, -0.2) is 4.21 Å². The second-order valence-electron chi connectivity index (χ2n) is 11.4. The van der Waals surface area contributed by atoms with Gasteiger partial charge in [-0.2, -0.15) is 0 Å². The van der Waals surface area contributed by atoms with Crippen LogP contribution in [0.2, 0.25) is 5.02 Å². The maximum absolute atomic E-state index is 13.4. The SMILES string of the molecule is CCC(CCNC(=O)c1ccccc1Cl)N1CCN(C2CCc3cc(S(=O)c4ccc5c(c4)OCO5)ccc32)[C@H](C)C1. The molecule has 0 spiro atoms. The first-order valence-electron chi connectivity index (χ1n) is 14.9. The number of hydrogen-bond acceptors (Lipinski definition) is 6. The molecule has 0 saturated carbocycles. The van der Waals surface area contributed by atoms with Crippen molar-refractivity contribution in [3.8, 4) is 11.5 Å². The number of piperazine rings is 1. The molecule has 3 aliphatic rings. The average Bonchev–Trinajstić information content (AvgIpc) is 3.65. The van der Waals surface area contributed by atoms with E-state index in [0.717, 1.165) is 55.1 Å². The Morgan fingerprint density at radius 2 is 1.86 bits per heavy atom. The van der Waals surface area contributed by atoms with E-state index in [1.54, 1.807) is 12.1 Å². The zero-order chi connectivity index (χ0) is 29.2. The number of carbonyl (C=O) groups excluding carboxylic acids is 1. The summed E-state index contributed by atoms with van der Waals surface area (Å²) in [6, 6.07) is 20.3. The number of benzene rings is 3. The van der Waals surface area contributed by atoms with Gasteiger partial charge in [0.05, 0.1) is 21.4 Å². The predicted octanol–water partition coefficient (Wildman–Crippen LogP) is 5.83. The van der Waals surface area contributed by atoms with E-state index in [9.17, 15) is 9.00 Å². The van der Waals surface area contributed by atoms with E-state index < -0.39 is 10.8 Å². The summed E-state index contributed by atoms with van der Waals surface area (Å²) in [5, 5.41) is 3.54. The molecule has 3 aromatic rings. The van der Waals surface area contributed by atoms with E-state index in [1.807, 2.05) is 36.4 Å². The maximum atomic E-state index is 13.4. The summed E-state index contributed by atoms with van der Waals surface area (Å²) < 4.78 is 24.3. The molecule has 3 unspecified atom stereocenters. The number of aryl methyl sites for hydroxylation is 1. The predicted molar refractivity (Wildman–Crippen MR) is 165 cm³/mol. The second-order valence-corrected chi connectivity index (χ2v) is 13.3. The molecule has 3 aromatic carbocycles. The molecule has 1 N–H and O–H groups in total.